The van der Waals surface area contributed by atoms with E-state index in [1.54, 1.807) is 0 Å². The molecule has 0 saturated carbocycles. The first-order chi connectivity index (χ1) is 8.66. The predicted molar refractivity (Wildman–Crippen MR) is 74.7 cm³/mol. The van der Waals surface area contributed by atoms with Crippen molar-refractivity contribution in [2.45, 2.75) is 25.3 Å². The lowest BCUT2D eigenvalue weighted by molar-refractivity contribution is 0.589. The molecule has 0 spiro atoms. The van der Waals surface area contributed by atoms with Gasteiger partial charge in [-0.3, -0.25) is 0 Å². The van der Waals surface area contributed by atoms with Crippen LogP contribution in [0.15, 0.2) is 36.7 Å². The quantitative estimate of drug-likeness (QED) is 0.901. The summed E-state index contributed by atoms with van der Waals surface area (Å²) >= 11 is 6.12. The van der Waals surface area contributed by atoms with E-state index < -0.39 is 0 Å². The van der Waals surface area contributed by atoms with Gasteiger partial charge < -0.3 is 10.3 Å². The maximum atomic E-state index is 6.15. The zero-order valence-corrected chi connectivity index (χ0v) is 11.3. The highest BCUT2D eigenvalue weighted by molar-refractivity contribution is 6.31. The Morgan fingerprint density at radius 3 is 2.83 bits per heavy atom. The second kappa shape index (κ2) is 6.03. The van der Waals surface area contributed by atoms with Crippen LogP contribution in [-0.4, -0.2) is 15.6 Å². The highest BCUT2D eigenvalue weighted by Crippen LogP contribution is 2.17. The van der Waals surface area contributed by atoms with Gasteiger partial charge in [0.2, 0.25) is 0 Å². The van der Waals surface area contributed by atoms with E-state index in [4.69, 9.17) is 17.3 Å². The number of hydrogen-bond acceptors (Lipinski definition) is 2. The molecule has 4 heteroatoms. The van der Waals surface area contributed by atoms with Crippen LogP contribution in [0, 0.1) is 0 Å². The van der Waals surface area contributed by atoms with Crippen molar-refractivity contribution in [1.29, 1.82) is 0 Å². The van der Waals surface area contributed by atoms with E-state index in [-0.39, 0.29) is 6.04 Å². The molecule has 1 aromatic heterocycles. The summed E-state index contributed by atoms with van der Waals surface area (Å²) in [6.45, 7) is 0. The molecule has 1 heterocycles. The molecule has 0 aliphatic heterocycles. The lowest BCUT2D eigenvalue weighted by Gasteiger charge is -2.12. The molecular formula is C14H18ClN3. The molecule has 0 aliphatic carbocycles. The number of benzene rings is 1. The molecule has 1 unspecified atom stereocenters. The van der Waals surface area contributed by atoms with Gasteiger partial charge in [-0.05, 0) is 24.5 Å². The summed E-state index contributed by atoms with van der Waals surface area (Å²) in [5.41, 5.74) is 7.26. The number of aryl methyl sites for hydroxylation is 2. The summed E-state index contributed by atoms with van der Waals surface area (Å²) in [6.07, 6.45) is 6.39. The van der Waals surface area contributed by atoms with Gasteiger partial charge in [0.15, 0.2) is 0 Å². The highest BCUT2D eigenvalue weighted by Gasteiger charge is 2.08. The van der Waals surface area contributed by atoms with Crippen molar-refractivity contribution in [3.63, 3.8) is 0 Å². The van der Waals surface area contributed by atoms with E-state index in [2.05, 4.69) is 4.98 Å². The smallest absolute Gasteiger partial charge is 0.108 e. The average molecular weight is 264 g/mol. The Morgan fingerprint density at radius 1 is 1.39 bits per heavy atom. The second-order valence-corrected chi connectivity index (χ2v) is 4.96. The van der Waals surface area contributed by atoms with Gasteiger partial charge in [-0.25, -0.2) is 4.98 Å². The van der Waals surface area contributed by atoms with Gasteiger partial charge in [-0.1, -0.05) is 29.8 Å². The van der Waals surface area contributed by atoms with Gasteiger partial charge in [0, 0.05) is 36.9 Å². The third-order valence-corrected chi connectivity index (χ3v) is 3.47. The fourth-order valence-corrected chi connectivity index (χ4v) is 2.21. The normalized spacial score (nSPS) is 12.6. The third-order valence-electron chi connectivity index (χ3n) is 3.10. The van der Waals surface area contributed by atoms with Crippen molar-refractivity contribution in [1.82, 2.24) is 9.55 Å². The minimum atomic E-state index is 0.113. The summed E-state index contributed by atoms with van der Waals surface area (Å²) in [6, 6.07) is 7.98. The number of nitrogens with two attached hydrogens (primary N) is 1. The van der Waals surface area contributed by atoms with E-state index in [0.717, 1.165) is 35.7 Å². The summed E-state index contributed by atoms with van der Waals surface area (Å²) in [5, 5.41) is 0.796. The van der Waals surface area contributed by atoms with Crippen molar-refractivity contribution in [2.75, 3.05) is 0 Å². The van der Waals surface area contributed by atoms with Crippen LogP contribution in [0.3, 0.4) is 0 Å². The number of halogens is 1. The van der Waals surface area contributed by atoms with Crippen LogP contribution in [-0.2, 0) is 19.9 Å². The van der Waals surface area contributed by atoms with Gasteiger partial charge in [0.05, 0.1) is 0 Å². The van der Waals surface area contributed by atoms with E-state index in [9.17, 15) is 0 Å². The largest absolute Gasteiger partial charge is 0.338 e. The fraction of sp³-hybridized carbons (Fsp3) is 0.357. The Bertz CT molecular complexity index is 507. The molecule has 0 aliphatic rings. The minimum absolute atomic E-state index is 0.113. The molecule has 3 nitrogen and oxygen atoms in total. The summed E-state index contributed by atoms with van der Waals surface area (Å²) in [7, 11) is 2.00. The van der Waals surface area contributed by atoms with Gasteiger partial charge in [0.1, 0.15) is 5.82 Å². The Kier molecular flexibility index (Phi) is 4.39. The lowest BCUT2D eigenvalue weighted by atomic mass is 10.0. The first-order valence-corrected chi connectivity index (χ1v) is 6.50. The zero-order chi connectivity index (χ0) is 13.0. The van der Waals surface area contributed by atoms with Gasteiger partial charge in [0.25, 0.3) is 0 Å². The Hall–Kier alpha value is -1.32. The molecule has 0 saturated heterocycles. The lowest BCUT2D eigenvalue weighted by Crippen LogP contribution is -2.24. The number of hydrogen-bond donors (Lipinski definition) is 1. The topological polar surface area (TPSA) is 43.8 Å². The first kappa shape index (κ1) is 13.1. The van der Waals surface area contributed by atoms with E-state index >= 15 is 0 Å². The molecule has 96 valence electrons. The van der Waals surface area contributed by atoms with E-state index in [1.807, 2.05) is 48.3 Å². The van der Waals surface area contributed by atoms with Crippen molar-refractivity contribution in [3.8, 4) is 0 Å². The van der Waals surface area contributed by atoms with Gasteiger partial charge in [-0.2, -0.15) is 0 Å². The Labute approximate surface area is 113 Å². The SMILES string of the molecule is Cn1ccnc1CCC(N)Cc1ccccc1Cl. The Balaban J connectivity index is 1.88. The highest BCUT2D eigenvalue weighted by atomic mass is 35.5. The average Bonchev–Trinajstić information content (AvgIpc) is 2.75. The molecule has 1 aromatic carbocycles. The summed E-state index contributed by atoms with van der Waals surface area (Å²) in [5.74, 6) is 1.07. The number of rotatable bonds is 5. The first-order valence-electron chi connectivity index (χ1n) is 6.12. The molecule has 2 rings (SSSR count). The van der Waals surface area contributed by atoms with Gasteiger partial charge in [-0.15, -0.1) is 0 Å². The van der Waals surface area contributed by atoms with Crippen LogP contribution >= 0.6 is 11.6 Å². The van der Waals surface area contributed by atoms with Crippen LogP contribution in [0.1, 0.15) is 17.8 Å². The molecule has 2 aromatic rings. The van der Waals surface area contributed by atoms with Crippen molar-refractivity contribution in [2.24, 2.45) is 12.8 Å². The standard InChI is InChI=1S/C14H18ClN3/c1-18-9-8-17-14(18)7-6-12(16)10-11-4-2-3-5-13(11)15/h2-5,8-9,12H,6-7,10,16H2,1H3. The molecule has 0 fully saturated rings. The van der Waals surface area contributed by atoms with Gasteiger partial charge >= 0.3 is 0 Å². The van der Waals surface area contributed by atoms with Crippen LogP contribution in [0.5, 0.6) is 0 Å². The number of aromatic nitrogens is 2. The number of nitrogens with zero attached hydrogens (tertiary/aromatic N) is 2. The minimum Gasteiger partial charge on any atom is -0.338 e. The van der Waals surface area contributed by atoms with Crippen LogP contribution in [0.4, 0.5) is 0 Å². The predicted octanol–water partition coefficient (Wildman–Crippen LogP) is 2.58. The molecule has 0 amide bonds. The third kappa shape index (κ3) is 3.34. The van der Waals surface area contributed by atoms with Crippen LogP contribution < -0.4 is 5.73 Å². The molecular weight excluding hydrogens is 246 g/mol. The second-order valence-electron chi connectivity index (χ2n) is 4.55. The fourth-order valence-electron chi connectivity index (χ4n) is 2.00. The van der Waals surface area contributed by atoms with Crippen molar-refractivity contribution < 1.29 is 0 Å². The Morgan fingerprint density at radius 2 is 2.17 bits per heavy atom. The zero-order valence-electron chi connectivity index (χ0n) is 10.5. The monoisotopic (exact) mass is 263 g/mol. The molecule has 0 bridgehead atoms. The molecule has 18 heavy (non-hydrogen) atoms. The van der Waals surface area contributed by atoms with Crippen LogP contribution in [0.25, 0.3) is 0 Å². The number of imidazole rings is 1. The molecule has 1 atom stereocenters. The van der Waals surface area contributed by atoms with Crippen molar-refractivity contribution >= 4 is 11.6 Å². The maximum Gasteiger partial charge on any atom is 0.108 e. The maximum absolute atomic E-state index is 6.15. The van der Waals surface area contributed by atoms with Crippen LogP contribution in [0.2, 0.25) is 5.02 Å². The summed E-state index contributed by atoms with van der Waals surface area (Å²) in [4.78, 5) is 4.29. The molecule has 2 N–H and O–H groups in total. The van der Waals surface area contributed by atoms with E-state index in [1.165, 1.54) is 0 Å². The molecule has 0 radical (unpaired) electrons. The summed E-state index contributed by atoms with van der Waals surface area (Å²) < 4.78 is 2.03. The van der Waals surface area contributed by atoms with E-state index in [0.29, 0.717) is 0 Å². The van der Waals surface area contributed by atoms with Crippen molar-refractivity contribution in [3.05, 3.63) is 53.1 Å².